The minimum Gasteiger partial charge on any atom is -0.379 e. The number of hydrogen-bond acceptors (Lipinski definition) is 4. The molecule has 134 valence electrons. The second kappa shape index (κ2) is 7.95. The van der Waals surface area contributed by atoms with Gasteiger partial charge in [-0.1, -0.05) is 48.5 Å². The van der Waals surface area contributed by atoms with E-state index >= 15 is 0 Å². The fourth-order valence-corrected chi connectivity index (χ4v) is 3.52. The zero-order valence-electron chi connectivity index (χ0n) is 14.6. The zero-order chi connectivity index (χ0) is 17.8. The molecular weight excluding hydrogens is 344 g/mol. The second-order valence-electron chi connectivity index (χ2n) is 6.40. The van der Waals surface area contributed by atoms with Crippen LogP contribution in [-0.2, 0) is 17.8 Å². The molecule has 6 heteroatoms. The van der Waals surface area contributed by atoms with E-state index in [1.54, 1.807) is 0 Å². The first-order valence-corrected chi connectivity index (χ1v) is 9.30. The number of benzene rings is 2. The molecule has 26 heavy (non-hydrogen) atoms. The van der Waals surface area contributed by atoms with Crippen molar-refractivity contribution < 1.29 is 4.74 Å². The number of rotatable bonds is 5. The smallest absolute Gasteiger partial charge is 0.203 e. The molecule has 3 aromatic rings. The lowest BCUT2D eigenvalue weighted by atomic mass is 10.1. The van der Waals surface area contributed by atoms with Crippen LogP contribution in [0.15, 0.2) is 60.7 Å². The van der Waals surface area contributed by atoms with Gasteiger partial charge in [0.1, 0.15) is 5.82 Å². The number of aromatic nitrogens is 3. The molecule has 0 aliphatic carbocycles. The Morgan fingerprint density at radius 3 is 2.27 bits per heavy atom. The summed E-state index contributed by atoms with van der Waals surface area (Å²) in [5.41, 5.74) is 2.28. The van der Waals surface area contributed by atoms with Crippen LogP contribution in [0.2, 0.25) is 0 Å². The van der Waals surface area contributed by atoms with Crippen molar-refractivity contribution in [3.8, 4) is 5.69 Å². The van der Waals surface area contributed by atoms with E-state index in [9.17, 15) is 0 Å². The van der Waals surface area contributed by atoms with E-state index in [4.69, 9.17) is 22.1 Å². The number of nitrogens with zero attached hydrogens (tertiary/aromatic N) is 4. The summed E-state index contributed by atoms with van der Waals surface area (Å²) in [6, 6.07) is 20.6. The zero-order valence-corrected chi connectivity index (χ0v) is 15.4. The maximum Gasteiger partial charge on any atom is 0.203 e. The summed E-state index contributed by atoms with van der Waals surface area (Å²) in [5, 5.41) is 4.87. The van der Waals surface area contributed by atoms with Crippen molar-refractivity contribution in [2.24, 2.45) is 0 Å². The highest BCUT2D eigenvalue weighted by molar-refractivity contribution is 7.71. The SMILES string of the molecule is S=c1n(CN2CCOCC2)nc(Cc2ccccc2)n1-c1ccccc1. The van der Waals surface area contributed by atoms with Crippen molar-refractivity contribution >= 4 is 12.2 Å². The normalized spacial score (nSPS) is 15.2. The van der Waals surface area contributed by atoms with E-state index in [2.05, 4.69) is 45.9 Å². The van der Waals surface area contributed by atoms with Crippen molar-refractivity contribution in [1.29, 1.82) is 0 Å². The highest BCUT2D eigenvalue weighted by Gasteiger charge is 2.16. The third-order valence-corrected chi connectivity index (χ3v) is 4.96. The predicted molar refractivity (Wildman–Crippen MR) is 104 cm³/mol. The number of morpholine rings is 1. The fraction of sp³-hybridized carbons (Fsp3) is 0.300. The third-order valence-electron chi connectivity index (χ3n) is 4.56. The van der Waals surface area contributed by atoms with Crippen LogP contribution in [0, 0.1) is 4.77 Å². The second-order valence-corrected chi connectivity index (χ2v) is 6.77. The molecule has 1 saturated heterocycles. The van der Waals surface area contributed by atoms with Crippen molar-refractivity contribution in [1.82, 2.24) is 19.2 Å². The van der Waals surface area contributed by atoms with Gasteiger partial charge in [-0.05, 0) is 29.9 Å². The van der Waals surface area contributed by atoms with E-state index in [-0.39, 0.29) is 0 Å². The highest BCUT2D eigenvalue weighted by atomic mass is 32.1. The highest BCUT2D eigenvalue weighted by Crippen LogP contribution is 2.16. The first kappa shape index (κ1) is 17.1. The number of para-hydroxylation sites is 1. The van der Waals surface area contributed by atoms with E-state index in [1.807, 2.05) is 28.9 Å². The van der Waals surface area contributed by atoms with E-state index in [0.29, 0.717) is 6.67 Å². The largest absolute Gasteiger partial charge is 0.379 e. The van der Waals surface area contributed by atoms with Crippen LogP contribution in [0.4, 0.5) is 0 Å². The summed E-state index contributed by atoms with van der Waals surface area (Å²) in [5.74, 6) is 0.959. The van der Waals surface area contributed by atoms with Gasteiger partial charge in [0.15, 0.2) is 0 Å². The van der Waals surface area contributed by atoms with Crippen LogP contribution < -0.4 is 0 Å². The van der Waals surface area contributed by atoms with Crippen LogP contribution >= 0.6 is 12.2 Å². The monoisotopic (exact) mass is 366 g/mol. The molecule has 0 radical (unpaired) electrons. The summed E-state index contributed by atoms with van der Waals surface area (Å²) in [4.78, 5) is 2.33. The molecular formula is C20H22N4OS. The van der Waals surface area contributed by atoms with Crippen molar-refractivity contribution in [3.63, 3.8) is 0 Å². The van der Waals surface area contributed by atoms with Crippen LogP contribution in [0.25, 0.3) is 5.69 Å². The van der Waals surface area contributed by atoms with Gasteiger partial charge in [0.05, 0.1) is 19.9 Å². The molecule has 0 atom stereocenters. The average Bonchev–Trinajstić information content (AvgIpc) is 2.99. The minimum atomic E-state index is 0.698. The lowest BCUT2D eigenvalue weighted by Gasteiger charge is -2.26. The van der Waals surface area contributed by atoms with Gasteiger partial charge in [-0.2, -0.15) is 5.10 Å². The number of hydrogen-bond donors (Lipinski definition) is 0. The maximum atomic E-state index is 5.79. The molecule has 0 saturated carbocycles. The summed E-state index contributed by atoms with van der Waals surface area (Å²) in [6.45, 7) is 4.05. The van der Waals surface area contributed by atoms with Gasteiger partial charge in [0, 0.05) is 25.2 Å². The molecule has 0 spiro atoms. The van der Waals surface area contributed by atoms with Crippen LogP contribution in [0.5, 0.6) is 0 Å². The topological polar surface area (TPSA) is 35.2 Å². The minimum absolute atomic E-state index is 0.698. The Balaban J connectivity index is 1.71. The molecule has 5 nitrogen and oxygen atoms in total. The first-order chi connectivity index (χ1) is 12.8. The summed E-state index contributed by atoms with van der Waals surface area (Å²) in [6.07, 6.45) is 0.746. The molecule has 4 rings (SSSR count). The summed E-state index contributed by atoms with van der Waals surface area (Å²) < 4.78 is 10.2. The van der Waals surface area contributed by atoms with Crippen molar-refractivity contribution in [2.45, 2.75) is 13.1 Å². The Morgan fingerprint density at radius 1 is 0.923 bits per heavy atom. The van der Waals surface area contributed by atoms with Gasteiger partial charge < -0.3 is 4.74 Å². The van der Waals surface area contributed by atoms with Gasteiger partial charge in [-0.15, -0.1) is 0 Å². The van der Waals surface area contributed by atoms with Gasteiger partial charge in [-0.3, -0.25) is 9.47 Å². The molecule has 0 unspecified atom stereocenters. The summed E-state index contributed by atoms with van der Waals surface area (Å²) in [7, 11) is 0. The van der Waals surface area contributed by atoms with Crippen LogP contribution in [0.1, 0.15) is 11.4 Å². The van der Waals surface area contributed by atoms with Gasteiger partial charge >= 0.3 is 0 Å². The molecule has 1 aromatic heterocycles. The van der Waals surface area contributed by atoms with Crippen LogP contribution in [0.3, 0.4) is 0 Å². The molecule has 1 aliphatic heterocycles. The Hall–Kier alpha value is -2.28. The number of ether oxygens (including phenoxy) is 1. The molecule has 1 fully saturated rings. The Kier molecular flexibility index (Phi) is 5.24. The molecule has 1 aliphatic rings. The van der Waals surface area contributed by atoms with Gasteiger partial charge in [-0.25, -0.2) is 4.68 Å². The van der Waals surface area contributed by atoms with E-state index in [0.717, 1.165) is 49.0 Å². The lowest BCUT2D eigenvalue weighted by Crippen LogP contribution is -2.37. The van der Waals surface area contributed by atoms with Gasteiger partial charge in [0.25, 0.3) is 0 Å². The summed E-state index contributed by atoms with van der Waals surface area (Å²) >= 11 is 5.79. The Labute approximate surface area is 158 Å². The predicted octanol–water partition coefficient (Wildman–Crippen LogP) is 3.28. The van der Waals surface area contributed by atoms with E-state index in [1.165, 1.54) is 5.56 Å². The molecule has 0 bridgehead atoms. The molecule has 2 aromatic carbocycles. The average molecular weight is 366 g/mol. The van der Waals surface area contributed by atoms with Crippen molar-refractivity contribution in [3.05, 3.63) is 76.8 Å². The standard InChI is InChI=1S/C20H22N4OS/c26-20-23(16-22-11-13-25-14-12-22)21-19(15-17-7-3-1-4-8-17)24(20)18-9-5-2-6-10-18/h1-10H,11-16H2. The Bertz CT molecular complexity index is 899. The lowest BCUT2D eigenvalue weighted by molar-refractivity contribution is 0.0209. The molecule has 0 amide bonds. The third kappa shape index (κ3) is 3.77. The molecule has 0 N–H and O–H groups in total. The quantitative estimate of drug-likeness (QED) is 0.649. The van der Waals surface area contributed by atoms with E-state index < -0.39 is 0 Å². The Morgan fingerprint density at radius 2 is 1.58 bits per heavy atom. The fourth-order valence-electron chi connectivity index (χ4n) is 3.21. The first-order valence-electron chi connectivity index (χ1n) is 8.89. The molecule has 2 heterocycles. The van der Waals surface area contributed by atoms with Crippen molar-refractivity contribution in [2.75, 3.05) is 26.3 Å². The van der Waals surface area contributed by atoms with Gasteiger partial charge in [0.2, 0.25) is 4.77 Å². The maximum absolute atomic E-state index is 5.79. The van der Waals surface area contributed by atoms with Crippen LogP contribution in [-0.4, -0.2) is 45.6 Å².